The van der Waals surface area contributed by atoms with Crippen LogP contribution in [-0.2, 0) is 0 Å². The predicted octanol–water partition coefficient (Wildman–Crippen LogP) is 6.17. The number of nitrogens with one attached hydrogen (secondary N) is 1. The van der Waals surface area contributed by atoms with Gasteiger partial charge in [0, 0.05) is 24.2 Å². The average Bonchev–Trinajstić information content (AvgIpc) is 3.22. The number of carboxylic acid groups (broad SMARTS) is 1. The van der Waals surface area contributed by atoms with Crippen LogP contribution in [0.25, 0.3) is 16.9 Å². The number of anilines is 1. The van der Waals surface area contributed by atoms with Gasteiger partial charge in [0.1, 0.15) is 17.2 Å². The summed E-state index contributed by atoms with van der Waals surface area (Å²) in [5.74, 6) is 0.397. The molecular weight excluding hydrogens is 463 g/mol. The molecule has 2 heterocycles. The molecule has 0 unspecified atom stereocenters. The number of fused-ring (bicyclic) bond motifs is 1. The van der Waals surface area contributed by atoms with Gasteiger partial charge in [-0.25, -0.2) is 9.78 Å². The molecule has 4 rings (SSSR count). The van der Waals surface area contributed by atoms with E-state index in [0.717, 1.165) is 0 Å². The first-order chi connectivity index (χ1) is 16.6. The summed E-state index contributed by atoms with van der Waals surface area (Å²) < 4.78 is 51.1. The summed E-state index contributed by atoms with van der Waals surface area (Å²) in [6, 6.07) is 13.4. The van der Waals surface area contributed by atoms with Crippen LogP contribution < -0.4 is 14.8 Å². The lowest BCUT2D eigenvalue weighted by Crippen LogP contribution is -2.15. The largest absolute Gasteiger partial charge is 0.497 e. The van der Waals surface area contributed by atoms with Crippen LogP contribution in [0.4, 0.5) is 18.9 Å². The van der Waals surface area contributed by atoms with Crippen LogP contribution in [0.5, 0.6) is 17.2 Å². The van der Waals surface area contributed by atoms with Gasteiger partial charge >= 0.3 is 12.1 Å². The molecule has 0 fully saturated rings. The first-order valence-electron chi connectivity index (χ1n) is 10.6. The number of carbonyl (C=O) groups is 1. The van der Waals surface area contributed by atoms with Gasteiger partial charge < -0.3 is 19.9 Å². The summed E-state index contributed by atoms with van der Waals surface area (Å²) in [5, 5.41) is 12.1. The third kappa shape index (κ3) is 5.48. The average molecular weight is 485 g/mol. The van der Waals surface area contributed by atoms with Crippen LogP contribution in [0.15, 0.2) is 60.9 Å². The van der Waals surface area contributed by atoms with Gasteiger partial charge in [0.2, 0.25) is 0 Å². The minimum absolute atomic E-state index is 0.180. The normalized spacial score (nSPS) is 11.5. The minimum Gasteiger partial charge on any atom is -0.497 e. The number of alkyl halides is 3. The monoisotopic (exact) mass is 485 g/mol. The van der Waals surface area contributed by atoms with E-state index in [0.29, 0.717) is 45.4 Å². The number of methoxy groups -OCH3 is 1. The van der Waals surface area contributed by atoms with Gasteiger partial charge in [-0.3, -0.25) is 4.40 Å². The van der Waals surface area contributed by atoms with Crippen LogP contribution in [0.1, 0.15) is 22.3 Å². The highest BCUT2D eigenvalue weighted by Crippen LogP contribution is 2.33. The van der Waals surface area contributed by atoms with Crippen molar-refractivity contribution in [2.24, 2.45) is 0 Å². The Kier molecular flexibility index (Phi) is 6.54. The van der Waals surface area contributed by atoms with E-state index in [1.165, 1.54) is 13.2 Å². The van der Waals surface area contributed by atoms with E-state index in [9.17, 15) is 23.1 Å². The molecule has 2 N–H and O–H groups in total. The molecule has 0 spiro atoms. The van der Waals surface area contributed by atoms with Gasteiger partial charge in [-0.1, -0.05) is 12.1 Å². The molecule has 0 amide bonds. The van der Waals surface area contributed by atoms with Crippen LogP contribution in [0.2, 0.25) is 0 Å². The molecule has 182 valence electrons. The summed E-state index contributed by atoms with van der Waals surface area (Å²) in [7, 11) is 1.53. The van der Waals surface area contributed by atoms with E-state index in [4.69, 9.17) is 9.47 Å². The Morgan fingerprint density at radius 1 is 1.11 bits per heavy atom. The van der Waals surface area contributed by atoms with Crippen LogP contribution in [0.3, 0.4) is 0 Å². The van der Waals surface area contributed by atoms with Crippen molar-refractivity contribution in [3.8, 4) is 28.5 Å². The van der Waals surface area contributed by atoms with E-state index >= 15 is 0 Å². The second-order valence-electron chi connectivity index (χ2n) is 7.83. The molecule has 10 heteroatoms. The fourth-order valence-electron chi connectivity index (χ4n) is 3.66. The van der Waals surface area contributed by atoms with Crippen molar-refractivity contribution in [3.63, 3.8) is 0 Å². The number of aromatic nitrogens is 2. The third-order valence-corrected chi connectivity index (χ3v) is 5.33. The van der Waals surface area contributed by atoms with Gasteiger partial charge in [-0.05, 0) is 36.8 Å². The second-order valence-corrected chi connectivity index (χ2v) is 7.83. The smallest absolute Gasteiger partial charge is 0.390 e. The number of pyridine rings is 1. The number of nitrogens with zero attached hydrogens (tertiary/aromatic N) is 2. The number of hydrogen-bond acceptors (Lipinski definition) is 5. The zero-order chi connectivity index (χ0) is 25.2. The van der Waals surface area contributed by atoms with E-state index in [1.54, 1.807) is 66.2 Å². The number of aryl methyl sites for hydroxylation is 1. The minimum atomic E-state index is -4.30. The highest BCUT2D eigenvalue weighted by molar-refractivity contribution is 5.90. The molecular formula is C25H22F3N3O4. The zero-order valence-electron chi connectivity index (χ0n) is 18.9. The van der Waals surface area contributed by atoms with Gasteiger partial charge in [-0.2, -0.15) is 13.2 Å². The SMILES string of the molecule is COc1cccc(Oc2cc(NCCC(F)(F)F)c3ncc(-c4ccc(C(=O)O)c(C)c4)n3c2)c1. The van der Waals surface area contributed by atoms with E-state index in [2.05, 4.69) is 10.3 Å². The number of imidazole rings is 1. The van der Waals surface area contributed by atoms with Crippen molar-refractivity contribution in [1.82, 2.24) is 9.38 Å². The lowest BCUT2D eigenvalue weighted by atomic mass is 10.0. The highest BCUT2D eigenvalue weighted by atomic mass is 19.4. The van der Waals surface area contributed by atoms with Crippen molar-refractivity contribution in [3.05, 3.63) is 72.1 Å². The Labute approximate surface area is 198 Å². The number of benzene rings is 2. The summed E-state index contributed by atoms with van der Waals surface area (Å²) >= 11 is 0. The molecule has 2 aromatic carbocycles. The second kappa shape index (κ2) is 9.57. The van der Waals surface area contributed by atoms with Crippen molar-refractivity contribution in [2.75, 3.05) is 19.0 Å². The first kappa shape index (κ1) is 23.9. The molecule has 0 bridgehead atoms. The number of carboxylic acids is 1. The number of aromatic carboxylic acids is 1. The Balaban J connectivity index is 1.77. The van der Waals surface area contributed by atoms with E-state index in [-0.39, 0.29) is 12.1 Å². The fraction of sp³-hybridized carbons (Fsp3) is 0.200. The quantitative estimate of drug-likeness (QED) is 0.310. The number of rotatable bonds is 8. The molecule has 0 atom stereocenters. The topological polar surface area (TPSA) is 85.1 Å². The fourth-order valence-corrected chi connectivity index (χ4v) is 3.66. The molecule has 0 aliphatic rings. The van der Waals surface area contributed by atoms with Gasteiger partial charge in [-0.15, -0.1) is 0 Å². The maximum absolute atomic E-state index is 12.7. The van der Waals surface area contributed by atoms with Crippen molar-refractivity contribution in [1.29, 1.82) is 0 Å². The van der Waals surface area contributed by atoms with Crippen molar-refractivity contribution in [2.45, 2.75) is 19.5 Å². The highest BCUT2D eigenvalue weighted by Gasteiger charge is 2.26. The molecule has 0 aliphatic carbocycles. The zero-order valence-corrected chi connectivity index (χ0v) is 18.9. The third-order valence-electron chi connectivity index (χ3n) is 5.33. The van der Waals surface area contributed by atoms with E-state index < -0.39 is 18.6 Å². The standard InChI is InChI=1S/C25H22F3N3O4/c1-15-10-16(6-7-20(15)24(32)33)22-13-30-23-21(29-9-8-25(26,27)28)12-19(14-31(22)23)35-18-5-3-4-17(11-18)34-2/h3-7,10-14,29H,8-9H2,1-2H3,(H,32,33). The Morgan fingerprint density at radius 3 is 2.57 bits per heavy atom. The van der Waals surface area contributed by atoms with Gasteiger partial charge in [0.25, 0.3) is 0 Å². The Hall–Kier alpha value is -4.21. The Morgan fingerprint density at radius 2 is 1.89 bits per heavy atom. The molecule has 0 radical (unpaired) electrons. The number of ether oxygens (including phenoxy) is 2. The summed E-state index contributed by atoms with van der Waals surface area (Å²) in [5.41, 5.74) is 2.83. The number of hydrogen-bond donors (Lipinski definition) is 2. The predicted molar refractivity (Wildman–Crippen MR) is 125 cm³/mol. The van der Waals surface area contributed by atoms with E-state index in [1.807, 2.05) is 0 Å². The number of halogens is 3. The summed E-state index contributed by atoms with van der Waals surface area (Å²) in [6.45, 7) is 1.36. The molecule has 2 aromatic heterocycles. The summed E-state index contributed by atoms with van der Waals surface area (Å²) in [6.07, 6.45) is -2.06. The van der Waals surface area contributed by atoms with Gasteiger partial charge in [0.05, 0.1) is 42.9 Å². The van der Waals surface area contributed by atoms with Crippen molar-refractivity contribution < 1.29 is 32.5 Å². The lowest BCUT2D eigenvalue weighted by molar-refractivity contribution is -0.131. The molecule has 0 saturated heterocycles. The molecule has 35 heavy (non-hydrogen) atoms. The van der Waals surface area contributed by atoms with Crippen LogP contribution in [-0.4, -0.2) is 40.3 Å². The molecule has 0 saturated carbocycles. The summed E-state index contributed by atoms with van der Waals surface area (Å²) in [4.78, 5) is 15.8. The lowest BCUT2D eigenvalue weighted by Gasteiger charge is -2.14. The van der Waals surface area contributed by atoms with Crippen molar-refractivity contribution >= 4 is 17.3 Å². The van der Waals surface area contributed by atoms with Crippen LogP contribution >= 0.6 is 0 Å². The van der Waals surface area contributed by atoms with Crippen LogP contribution in [0, 0.1) is 6.92 Å². The molecule has 7 nitrogen and oxygen atoms in total. The Bertz CT molecular complexity index is 1380. The molecule has 0 aliphatic heterocycles. The first-order valence-corrected chi connectivity index (χ1v) is 10.6. The maximum Gasteiger partial charge on any atom is 0.390 e. The maximum atomic E-state index is 12.7. The molecule has 4 aromatic rings. The van der Waals surface area contributed by atoms with Gasteiger partial charge in [0.15, 0.2) is 5.65 Å².